The zero-order valence-electron chi connectivity index (χ0n) is 15.7. The maximum atomic E-state index is 11.5. The Balaban J connectivity index is 1.91. The van der Waals surface area contributed by atoms with Crippen molar-refractivity contribution in [3.05, 3.63) is 66.2 Å². The molecule has 140 valence electrons. The Morgan fingerprint density at radius 3 is 2.59 bits per heavy atom. The molecule has 0 aliphatic rings. The molecule has 0 saturated carbocycles. The van der Waals surface area contributed by atoms with Gasteiger partial charge in [-0.1, -0.05) is 56.0 Å². The highest BCUT2D eigenvalue weighted by Gasteiger charge is 2.15. The molecule has 0 spiro atoms. The summed E-state index contributed by atoms with van der Waals surface area (Å²) >= 11 is 0. The lowest BCUT2D eigenvalue weighted by Crippen LogP contribution is -2.25. The number of aliphatic hydroxyl groups is 1. The number of hydrogen-bond acceptors (Lipinski definition) is 4. The molecule has 1 atom stereocenters. The van der Waals surface area contributed by atoms with Crippen LogP contribution in [-0.4, -0.2) is 30.4 Å². The molecule has 1 N–H and O–H groups in total. The topological polar surface area (TPSA) is 55.8 Å². The molecule has 0 radical (unpaired) electrons. The minimum absolute atomic E-state index is 0.0324. The van der Waals surface area contributed by atoms with E-state index in [1.165, 1.54) is 5.56 Å². The van der Waals surface area contributed by atoms with E-state index in [0.717, 1.165) is 33.7 Å². The highest BCUT2D eigenvalue weighted by molar-refractivity contribution is 6.06. The van der Waals surface area contributed by atoms with Gasteiger partial charge >= 0.3 is 5.97 Å². The maximum Gasteiger partial charge on any atom is 0.333 e. The largest absolute Gasteiger partial charge is 0.489 e. The molecule has 0 amide bonds. The number of rotatable bonds is 7. The predicted octanol–water partition coefficient (Wildman–Crippen LogP) is 4.41. The van der Waals surface area contributed by atoms with Crippen molar-refractivity contribution in [3.8, 4) is 5.75 Å². The first kappa shape index (κ1) is 18.9. The number of carbonyl (C=O) groups excluding carboxylic acids is 1. The van der Waals surface area contributed by atoms with Gasteiger partial charge in [0.1, 0.15) is 25.1 Å². The Labute approximate surface area is 159 Å². The van der Waals surface area contributed by atoms with E-state index >= 15 is 0 Å². The van der Waals surface area contributed by atoms with Crippen molar-refractivity contribution < 1.29 is 19.4 Å². The van der Waals surface area contributed by atoms with Crippen LogP contribution in [-0.2, 0) is 16.0 Å². The molecule has 0 heterocycles. The quantitative estimate of drug-likeness (QED) is 0.383. The monoisotopic (exact) mass is 364 g/mol. The molecule has 3 aromatic rings. The van der Waals surface area contributed by atoms with Crippen LogP contribution in [0.4, 0.5) is 0 Å². The van der Waals surface area contributed by atoms with E-state index < -0.39 is 12.1 Å². The van der Waals surface area contributed by atoms with Crippen LogP contribution in [0.25, 0.3) is 21.5 Å². The average Bonchev–Trinajstić information content (AvgIpc) is 2.68. The average molecular weight is 364 g/mol. The first-order chi connectivity index (χ1) is 13.0. The summed E-state index contributed by atoms with van der Waals surface area (Å²) in [5.41, 5.74) is 1.49. The number of benzene rings is 3. The highest BCUT2D eigenvalue weighted by Crippen LogP contribution is 2.37. The number of hydrogen-bond donors (Lipinski definition) is 1. The lowest BCUT2D eigenvalue weighted by atomic mass is 9.97. The van der Waals surface area contributed by atoms with Crippen LogP contribution in [0.1, 0.15) is 19.4 Å². The Morgan fingerprint density at radius 1 is 1.11 bits per heavy atom. The minimum atomic E-state index is -0.920. The molecule has 3 rings (SSSR count). The molecule has 0 saturated heterocycles. The van der Waals surface area contributed by atoms with E-state index in [4.69, 9.17) is 9.47 Å². The van der Waals surface area contributed by atoms with Gasteiger partial charge in [0.15, 0.2) is 0 Å². The van der Waals surface area contributed by atoms with Crippen LogP contribution in [0.5, 0.6) is 5.75 Å². The fraction of sp³-hybridized carbons (Fsp3) is 0.261. The second kappa shape index (κ2) is 8.23. The van der Waals surface area contributed by atoms with E-state index in [0.29, 0.717) is 5.57 Å². The number of aryl methyl sites for hydroxylation is 1. The second-order valence-electron chi connectivity index (χ2n) is 6.64. The Morgan fingerprint density at radius 2 is 1.85 bits per heavy atom. The predicted molar refractivity (Wildman–Crippen MR) is 108 cm³/mol. The van der Waals surface area contributed by atoms with Gasteiger partial charge in [0.05, 0.1) is 0 Å². The Hall–Kier alpha value is -2.85. The van der Waals surface area contributed by atoms with Crippen molar-refractivity contribution in [1.29, 1.82) is 0 Å². The third-order valence-electron chi connectivity index (χ3n) is 4.48. The van der Waals surface area contributed by atoms with E-state index in [1.54, 1.807) is 6.92 Å². The number of esters is 1. The fourth-order valence-corrected chi connectivity index (χ4v) is 3.12. The van der Waals surface area contributed by atoms with Crippen molar-refractivity contribution in [3.63, 3.8) is 0 Å². The summed E-state index contributed by atoms with van der Waals surface area (Å²) in [5.74, 6) is 0.240. The summed E-state index contributed by atoms with van der Waals surface area (Å²) in [6.07, 6.45) is -0.0405. The van der Waals surface area contributed by atoms with Gasteiger partial charge in [0, 0.05) is 16.3 Å². The molecule has 27 heavy (non-hydrogen) atoms. The van der Waals surface area contributed by atoms with Crippen molar-refractivity contribution in [2.75, 3.05) is 13.2 Å². The van der Waals surface area contributed by atoms with Crippen LogP contribution in [0, 0.1) is 0 Å². The molecular formula is C23H24O4. The lowest BCUT2D eigenvalue weighted by molar-refractivity contribution is -0.142. The second-order valence-corrected chi connectivity index (χ2v) is 6.64. The third kappa shape index (κ3) is 4.12. The van der Waals surface area contributed by atoms with E-state index in [2.05, 4.69) is 31.7 Å². The molecule has 0 fully saturated rings. The molecule has 4 nitrogen and oxygen atoms in total. The van der Waals surface area contributed by atoms with Gasteiger partial charge < -0.3 is 14.6 Å². The van der Waals surface area contributed by atoms with Gasteiger partial charge in [-0.2, -0.15) is 0 Å². The molecule has 0 aliphatic heterocycles. The summed E-state index contributed by atoms with van der Waals surface area (Å²) in [7, 11) is 0. The highest BCUT2D eigenvalue weighted by atomic mass is 16.5. The van der Waals surface area contributed by atoms with Crippen LogP contribution in [0.2, 0.25) is 0 Å². The minimum Gasteiger partial charge on any atom is -0.489 e. The van der Waals surface area contributed by atoms with Crippen molar-refractivity contribution in [2.24, 2.45) is 0 Å². The van der Waals surface area contributed by atoms with Crippen LogP contribution in [0.15, 0.2) is 60.7 Å². The normalized spacial score (nSPS) is 12.1. The van der Waals surface area contributed by atoms with Crippen molar-refractivity contribution in [1.82, 2.24) is 0 Å². The third-order valence-corrected chi connectivity index (χ3v) is 4.48. The SMILES string of the molecule is C=C(C)C(=O)OCC(O)COc1c2ccccc2cc2cccc(CC)c12. The molecule has 1 unspecified atom stereocenters. The first-order valence-corrected chi connectivity index (χ1v) is 9.08. The summed E-state index contributed by atoms with van der Waals surface area (Å²) in [6.45, 7) is 7.11. The molecule has 0 bridgehead atoms. The van der Waals surface area contributed by atoms with Crippen LogP contribution in [0.3, 0.4) is 0 Å². The summed E-state index contributed by atoms with van der Waals surface area (Å²) in [4.78, 5) is 11.5. The van der Waals surface area contributed by atoms with E-state index in [9.17, 15) is 9.90 Å². The first-order valence-electron chi connectivity index (χ1n) is 9.08. The molecular weight excluding hydrogens is 340 g/mol. The summed E-state index contributed by atoms with van der Waals surface area (Å²) < 4.78 is 11.1. The Bertz CT molecular complexity index is 990. The van der Waals surface area contributed by atoms with Gasteiger partial charge in [-0.25, -0.2) is 4.79 Å². The molecule has 4 heteroatoms. The van der Waals surface area contributed by atoms with Gasteiger partial charge in [0.2, 0.25) is 0 Å². The number of aliphatic hydroxyl groups excluding tert-OH is 1. The maximum absolute atomic E-state index is 11.5. The fourth-order valence-electron chi connectivity index (χ4n) is 3.12. The number of carbonyl (C=O) groups is 1. The zero-order chi connectivity index (χ0) is 19.4. The zero-order valence-corrected chi connectivity index (χ0v) is 15.7. The van der Waals surface area contributed by atoms with E-state index in [-0.39, 0.29) is 13.2 Å². The number of fused-ring (bicyclic) bond motifs is 2. The summed E-state index contributed by atoms with van der Waals surface area (Å²) in [6, 6.07) is 16.4. The molecule has 0 aliphatic carbocycles. The van der Waals surface area contributed by atoms with Crippen molar-refractivity contribution in [2.45, 2.75) is 26.4 Å². The van der Waals surface area contributed by atoms with Crippen LogP contribution >= 0.6 is 0 Å². The van der Waals surface area contributed by atoms with Crippen molar-refractivity contribution >= 4 is 27.5 Å². The van der Waals surface area contributed by atoms with Gasteiger partial charge in [-0.3, -0.25) is 0 Å². The lowest BCUT2D eigenvalue weighted by Gasteiger charge is -2.18. The smallest absolute Gasteiger partial charge is 0.333 e. The Kier molecular flexibility index (Phi) is 5.77. The molecule has 3 aromatic carbocycles. The van der Waals surface area contributed by atoms with Gasteiger partial charge in [-0.15, -0.1) is 0 Å². The summed E-state index contributed by atoms with van der Waals surface area (Å²) in [5, 5.41) is 14.4. The van der Waals surface area contributed by atoms with Gasteiger partial charge in [0.25, 0.3) is 0 Å². The standard InChI is InChI=1S/C23H24O4/c1-4-16-9-7-10-18-12-17-8-5-6-11-20(17)22(21(16)18)26-13-19(24)14-27-23(25)15(2)3/h5-12,19,24H,2,4,13-14H2,1,3H3. The van der Waals surface area contributed by atoms with Crippen LogP contribution < -0.4 is 4.74 Å². The number of ether oxygens (including phenoxy) is 2. The van der Waals surface area contributed by atoms with E-state index in [1.807, 2.05) is 30.3 Å². The van der Waals surface area contributed by atoms with Gasteiger partial charge in [-0.05, 0) is 35.7 Å². The molecule has 0 aromatic heterocycles.